The number of nitrogens with zero attached hydrogens (tertiary/aromatic N) is 3. The van der Waals surface area contributed by atoms with E-state index in [0.29, 0.717) is 23.8 Å². The fraction of sp³-hybridized carbons (Fsp3) is 0.452. The molecule has 4 N–H and O–H groups in total. The fourth-order valence-electron chi connectivity index (χ4n) is 5.92. The first kappa shape index (κ1) is 30.3. The molecule has 3 aliphatic rings. The summed E-state index contributed by atoms with van der Waals surface area (Å²) in [4.78, 5) is 47.0. The van der Waals surface area contributed by atoms with Crippen LogP contribution < -0.4 is 20.3 Å². The topological polar surface area (TPSA) is 172 Å². The van der Waals surface area contributed by atoms with Crippen LogP contribution in [0.2, 0.25) is 0 Å². The lowest BCUT2D eigenvalue weighted by atomic mass is 9.74. The standard InChI is InChI=1S/C31H34FN5O8/c1-15-20(13-34-26-25(15)37(29(40)41)7-8-43-26)19-9-16-10-22(35-27(38)44-18-11-31(42,12-18)17-5-6-17)33-14-21(16)24(23(19)32)36-28(39)45-30(2,3)4/h9-10,13-14,17-18,42H,5-8,11-12H2,1-4H3,(H,36,39)(H,40,41)(H,33,35,38). The molecule has 2 saturated carbocycles. The Morgan fingerprint density at radius 3 is 2.49 bits per heavy atom. The zero-order valence-corrected chi connectivity index (χ0v) is 25.3. The first-order chi connectivity index (χ1) is 21.2. The van der Waals surface area contributed by atoms with Crippen LogP contribution in [0.1, 0.15) is 52.0 Å². The lowest BCUT2D eigenvalue weighted by molar-refractivity contribution is -0.126. The van der Waals surface area contributed by atoms with Gasteiger partial charge in [-0.2, -0.15) is 0 Å². The van der Waals surface area contributed by atoms with Crippen molar-refractivity contribution >= 4 is 46.2 Å². The quantitative estimate of drug-likeness (QED) is 0.271. The molecule has 3 aromatic rings. The number of nitrogens with one attached hydrogen (secondary N) is 2. The predicted molar refractivity (Wildman–Crippen MR) is 161 cm³/mol. The summed E-state index contributed by atoms with van der Waals surface area (Å²) in [7, 11) is 0. The molecule has 0 atom stereocenters. The fourth-order valence-corrected chi connectivity index (χ4v) is 5.92. The van der Waals surface area contributed by atoms with E-state index in [1.807, 2.05) is 0 Å². The average molecular weight is 624 g/mol. The minimum absolute atomic E-state index is 0.00540. The largest absolute Gasteiger partial charge is 0.474 e. The minimum Gasteiger partial charge on any atom is -0.474 e. The number of aromatic nitrogens is 2. The van der Waals surface area contributed by atoms with Gasteiger partial charge in [0.05, 0.1) is 17.8 Å². The molecular weight excluding hydrogens is 589 g/mol. The summed E-state index contributed by atoms with van der Waals surface area (Å²) in [6.07, 6.45) is 2.15. The number of carbonyl (C=O) groups excluding carboxylic acids is 2. The summed E-state index contributed by atoms with van der Waals surface area (Å²) < 4.78 is 32.8. The molecule has 2 aliphatic carbocycles. The zero-order valence-electron chi connectivity index (χ0n) is 25.3. The van der Waals surface area contributed by atoms with E-state index in [4.69, 9.17) is 14.2 Å². The van der Waals surface area contributed by atoms with Crippen LogP contribution >= 0.6 is 0 Å². The van der Waals surface area contributed by atoms with Crippen molar-refractivity contribution in [3.05, 3.63) is 35.9 Å². The van der Waals surface area contributed by atoms with Crippen molar-refractivity contribution in [3.63, 3.8) is 0 Å². The molecule has 2 aromatic heterocycles. The van der Waals surface area contributed by atoms with Crippen molar-refractivity contribution in [2.45, 2.75) is 70.7 Å². The number of ether oxygens (including phenoxy) is 3. The number of benzene rings is 1. The summed E-state index contributed by atoms with van der Waals surface area (Å²) in [5, 5.41) is 26.0. The van der Waals surface area contributed by atoms with E-state index in [0.717, 1.165) is 17.7 Å². The number of fused-ring (bicyclic) bond motifs is 2. The summed E-state index contributed by atoms with van der Waals surface area (Å²) in [6, 6.07) is 2.99. The Kier molecular flexibility index (Phi) is 7.42. The maximum atomic E-state index is 16.4. The van der Waals surface area contributed by atoms with Crippen LogP contribution in [0.15, 0.2) is 24.5 Å². The lowest BCUT2D eigenvalue weighted by Gasteiger charge is -2.43. The molecule has 0 saturated heterocycles. The zero-order chi connectivity index (χ0) is 32.3. The number of aliphatic hydroxyl groups is 1. The molecular formula is C31H34FN5O8. The number of halogens is 1. The highest BCUT2D eigenvalue weighted by Gasteiger charge is 2.54. The maximum absolute atomic E-state index is 16.4. The second kappa shape index (κ2) is 11.0. The van der Waals surface area contributed by atoms with Crippen LogP contribution in [0.3, 0.4) is 0 Å². The summed E-state index contributed by atoms with van der Waals surface area (Å²) in [5.74, 6) is -0.341. The van der Waals surface area contributed by atoms with Gasteiger partial charge in [-0.15, -0.1) is 0 Å². The van der Waals surface area contributed by atoms with E-state index in [2.05, 4.69) is 20.6 Å². The van der Waals surface area contributed by atoms with Crippen molar-refractivity contribution < 1.29 is 43.2 Å². The van der Waals surface area contributed by atoms with Gasteiger partial charge in [0.1, 0.15) is 29.8 Å². The number of carbonyl (C=O) groups is 3. The third-order valence-electron chi connectivity index (χ3n) is 8.21. The number of hydrogen-bond acceptors (Lipinski definition) is 9. The highest BCUT2D eigenvalue weighted by molar-refractivity contribution is 6.04. The molecule has 0 unspecified atom stereocenters. The summed E-state index contributed by atoms with van der Waals surface area (Å²) >= 11 is 0. The van der Waals surface area contributed by atoms with Gasteiger partial charge in [0, 0.05) is 41.7 Å². The smallest absolute Gasteiger partial charge is 0.413 e. The molecule has 45 heavy (non-hydrogen) atoms. The van der Waals surface area contributed by atoms with E-state index in [9.17, 15) is 24.6 Å². The number of hydrogen-bond donors (Lipinski definition) is 4. The Hall–Kier alpha value is -4.72. The van der Waals surface area contributed by atoms with E-state index in [1.54, 1.807) is 27.7 Å². The molecule has 14 heteroatoms. The van der Waals surface area contributed by atoms with Gasteiger partial charge in [0.15, 0.2) is 5.82 Å². The van der Waals surface area contributed by atoms with Crippen LogP contribution in [0, 0.1) is 18.7 Å². The van der Waals surface area contributed by atoms with Crippen LogP contribution in [-0.2, 0) is 9.47 Å². The van der Waals surface area contributed by atoms with Crippen molar-refractivity contribution in [2.75, 3.05) is 28.7 Å². The monoisotopic (exact) mass is 623 g/mol. The van der Waals surface area contributed by atoms with Gasteiger partial charge < -0.3 is 24.4 Å². The molecule has 6 rings (SSSR count). The molecule has 0 radical (unpaired) electrons. The van der Waals surface area contributed by atoms with Crippen LogP contribution in [0.25, 0.3) is 21.9 Å². The van der Waals surface area contributed by atoms with Crippen molar-refractivity contribution in [2.24, 2.45) is 5.92 Å². The molecule has 3 amide bonds. The Bertz CT molecular complexity index is 1710. The molecule has 1 aliphatic heterocycles. The number of pyridine rings is 2. The molecule has 1 aromatic carbocycles. The van der Waals surface area contributed by atoms with Gasteiger partial charge in [-0.3, -0.25) is 15.5 Å². The first-order valence-electron chi connectivity index (χ1n) is 14.7. The molecule has 13 nitrogen and oxygen atoms in total. The number of anilines is 3. The molecule has 238 valence electrons. The average Bonchev–Trinajstić information content (AvgIpc) is 3.79. The second-order valence-electron chi connectivity index (χ2n) is 12.7. The molecule has 3 heterocycles. The van der Waals surface area contributed by atoms with Crippen molar-refractivity contribution in [1.29, 1.82) is 0 Å². The van der Waals surface area contributed by atoms with Gasteiger partial charge in [0.25, 0.3) is 0 Å². The SMILES string of the molecule is Cc1c(-c2cc3cc(NC(=O)OC4CC(O)(C5CC5)C4)ncc3c(NC(=O)OC(C)(C)C)c2F)cnc2c1N(C(=O)O)CCO2. The minimum atomic E-state index is -1.21. The van der Waals surface area contributed by atoms with E-state index in [-0.39, 0.29) is 58.7 Å². The highest BCUT2D eigenvalue weighted by Crippen LogP contribution is 2.51. The molecule has 0 bridgehead atoms. The summed E-state index contributed by atoms with van der Waals surface area (Å²) in [5.41, 5.74) is -1.00. The number of carboxylic acid groups (broad SMARTS) is 1. The second-order valence-corrected chi connectivity index (χ2v) is 12.7. The van der Waals surface area contributed by atoms with Crippen LogP contribution in [0.4, 0.5) is 36.0 Å². The Morgan fingerprint density at radius 1 is 1.09 bits per heavy atom. The first-order valence-corrected chi connectivity index (χ1v) is 14.7. The Labute approximate surface area is 257 Å². The van der Waals surface area contributed by atoms with Gasteiger partial charge >= 0.3 is 18.3 Å². The Morgan fingerprint density at radius 2 is 1.82 bits per heavy atom. The van der Waals surface area contributed by atoms with Gasteiger partial charge in [-0.25, -0.2) is 28.7 Å². The van der Waals surface area contributed by atoms with Crippen molar-refractivity contribution in [3.8, 4) is 17.0 Å². The van der Waals surface area contributed by atoms with Gasteiger partial charge in [0.2, 0.25) is 5.88 Å². The third-order valence-corrected chi connectivity index (χ3v) is 8.21. The highest BCUT2D eigenvalue weighted by atomic mass is 19.1. The van der Waals surface area contributed by atoms with Gasteiger partial charge in [-0.05, 0) is 69.5 Å². The lowest BCUT2D eigenvalue weighted by Crippen LogP contribution is -2.51. The molecule has 2 fully saturated rings. The van der Waals surface area contributed by atoms with E-state index < -0.39 is 41.4 Å². The van der Waals surface area contributed by atoms with Crippen LogP contribution in [-0.4, -0.2) is 68.9 Å². The van der Waals surface area contributed by atoms with Gasteiger partial charge in [-0.1, -0.05) is 0 Å². The predicted octanol–water partition coefficient (Wildman–Crippen LogP) is 5.82. The van der Waals surface area contributed by atoms with E-state index >= 15 is 4.39 Å². The normalized spacial score (nSPS) is 20.8. The summed E-state index contributed by atoms with van der Waals surface area (Å²) in [6.45, 7) is 6.83. The number of amides is 3. The third kappa shape index (κ3) is 6.01. The maximum Gasteiger partial charge on any atom is 0.413 e. The molecule has 0 spiro atoms. The van der Waals surface area contributed by atoms with E-state index in [1.165, 1.54) is 24.5 Å². The Balaban J connectivity index is 1.36. The number of rotatable bonds is 5. The van der Waals surface area contributed by atoms with Crippen LogP contribution in [0.5, 0.6) is 5.88 Å². The van der Waals surface area contributed by atoms with Crippen molar-refractivity contribution in [1.82, 2.24) is 9.97 Å².